The number of carbonyl (C=O) groups is 1. The van der Waals surface area contributed by atoms with Gasteiger partial charge in [-0.1, -0.05) is 0 Å². The molecule has 0 heterocycles. The second-order valence-electron chi connectivity index (χ2n) is 2.73. The van der Waals surface area contributed by atoms with Gasteiger partial charge in [-0.3, -0.25) is 4.79 Å². The summed E-state index contributed by atoms with van der Waals surface area (Å²) in [6, 6.07) is 0.363. The topological polar surface area (TPSA) is 38.3 Å². The Morgan fingerprint density at radius 3 is 2.70 bits per heavy atom. The Balaban J connectivity index is 0.000001000. The van der Waals surface area contributed by atoms with Crippen LogP contribution in [0.3, 0.4) is 0 Å². The highest BCUT2D eigenvalue weighted by Gasteiger charge is 2.28. The zero-order chi connectivity index (χ0) is 7.56. The van der Waals surface area contributed by atoms with Gasteiger partial charge in [-0.25, -0.2) is 0 Å². The molecule has 1 amide bonds. The molecule has 1 fully saturated rings. The fourth-order valence-electron chi connectivity index (χ4n) is 1.16. The van der Waals surface area contributed by atoms with Crippen molar-refractivity contribution in [1.29, 1.82) is 0 Å². The van der Waals surface area contributed by atoms with Crippen molar-refractivity contribution in [3.05, 3.63) is 0 Å². The first-order valence-corrected chi connectivity index (χ1v) is 3.52. The minimum absolute atomic E-state index is 0. The molecule has 3 heteroatoms. The summed E-state index contributed by atoms with van der Waals surface area (Å²) in [7, 11) is 1.70. The average molecular weight is 145 g/mol. The molecule has 3 nitrogen and oxygen atoms in total. The summed E-state index contributed by atoms with van der Waals surface area (Å²) in [5.74, 6) is 0.0551. The van der Waals surface area contributed by atoms with Crippen molar-refractivity contribution < 1.29 is 11.0 Å². The number of hydrogen-bond donors (Lipinski definition) is 1. The van der Waals surface area contributed by atoms with Crippen LogP contribution >= 0.6 is 0 Å². The molecular weight excluding hydrogens is 130 g/mol. The first-order valence-electron chi connectivity index (χ1n) is 3.52. The van der Waals surface area contributed by atoms with Crippen LogP contribution in [-0.4, -0.2) is 25.2 Å². The number of nitrogens with one attached hydrogen (secondary N) is 1. The number of hydrogen-bond acceptors (Lipinski definition) is 2. The van der Waals surface area contributed by atoms with Gasteiger partial charge < -0.3 is 10.1 Å². The van der Waals surface area contributed by atoms with Gasteiger partial charge in [0.05, 0.1) is 6.10 Å². The molecule has 0 bridgehead atoms. The van der Waals surface area contributed by atoms with Crippen LogP contribution in [0.4, 0.5) is 0 Å². The lowest BCUT2D eigenvalue weighted by Crippen LogP contribution is -2.46. The Hall–Kier alpha value is -0.570. The summed E-state index contributed by atoms with van der Waals surface area (Å²) < 4.78 is 5.05. The van der Waals surface area contributed by atoms with Crippen molar-refractivity contribution >= 4 is 5.91 Å². The van der Waals surface area contributed by atoms with Crippen LogP contribution < -0.4 is 5.32 Å². The summed E-state index contributed by atoms with van der Waals surface area (Å²) in [5, 5.41) is 2.82. The normalized spacial score (nSPS) is 31.0. The van der Waals surface area contributed by atoms with Gasteiger partial charge >= 0.3 is 0 Å². The Kier molecular flexibility index (Phi) is 2.27. The highest BCUT2D eigenvalue weighted by molar-refractivity contribution is 5.73. The largest absolute Gasteiger partial charge is 0.381 e. The van der Waals surface area contributed by atoms with Crippen LogP contribution in [-0.2, 0) is 9.53 Å². The van der Waals surface area contributed by atoms with Crippen LogP contribution in [0.1, 0.15) is 21.2 Å². The Labute approximate surface area is 62.2 Å². The molecule has 0 atom stereocenters. The standard InChI is InChI=1S/C7H13NO2.H2/c1-5(9)8-6-3-7(4-6)10-2;/h6-7H,3-4H2,1-2H3,(H,8,9);1H. The average Bonchev–Trinajstić information content (AvgIpc) is 1.76. The number of carbonyl (C=O) groups excluding carboxylic acids is 1. The molecule has 1 rings (SSSR count). The molecule has 1 aliphatic rings. The van der Waals surface area contributed by atoms with Gasteiger partial charge in [-0.2, -0.15) is 0 Å². The minimum atomic E-state index is 0. The maximum absolute atomic E-state index is 10.5. The quantitative estimate of drug-likeness (QED) is 0.616. The van der Waals surface area contributed by atoms with Crippen LogP contribution in [0.2, 0.25) is 0 Å². The summed E-state index contributed by atoms with van der Waals surface area (Å²) in [6.45, 7) is 1.54. The molecule has 0 aromatic rings. The molecule has 0 radical (unpaired) electrons. The second kappa shape index (κ2) is 3.01. The van der Waals surface area contributed by atoms with E-state index in [1.165, 1.54) is 0 Å². The van der Waals surface area contributed by atoms with E-state index < -0.39 is 0 Å². The molecule has 0 aromatic carbocycles. The Bertz CT molecular complexity index is 134. The summed E-state index contributed by atoms with van der Waals surface area (Å²) in [5.41, 5.74) is 0. The fourth-order valence-corrected chi connectivity index (χ4v) is 1.16. The van der Waals surface area contributed by atoms with Crippen molar-refractivity contribution in [2.75, 3.05) is 7.11 Å². The second-order valence-corrected chi connectivity index (χ2v) is 2.73. The lowest BCUT2D eigenvalue weighted by Gasteiger charge is -2.34. The maximum Gasteiger partial charge on any atom is 0.217 e. The van der Waals surface area contributed by atoms with E-state index in [-0.39, 0.29) is 7.33 Å². The van der Waals surface area contributed by atoms with Gasteiger partial charge in [0.1, 0.15) is 0 Å². The molecule has 0 aromatic heterocycles. The third-order valence-corrected chi connectivity index (χ3v) is 1.84. The Morgan fingerprint density at radius 2 is 2.30 bits per heavy atom. The third kappa shape index (κ3) is 1.70. The molecular formula is C7H15NO2. The molecule has 0 aliphatic heterocycles. The first kappa shape index (κ1) is 7.54. The SMILES string of the molecule is COC1CC(NC(C)=O)C1.[HH]. The van der Waals surface area contributed by atoms with Gasteiger partial charge in [-0.05, 0) is 12.8 Å². The van der Waals surface area contributed by atoms with E-state index >= 15 is 0 Å². The van der Waals surface area contributed by atoms with Crippen LogP contribution in [0.5, 0.6) is 0 Å². The Morgan fingerprint density at radius 1 is 1.70 bits per heavy atom. The fraction of sp³-hybridized carbons (Fsp3) is 0.857. The predicted molar refractivity (Wildman–Crippen MR) is 39.7 cm³/mol. The zero-order valence-electron chi connectivity index (χ0n) is 6.39. The van der Waals surface area contributed by atoms with Crippen LogP contribution in [0, 0.1) is 0 Å². The molecule has 10 heavy (non-hydrogen) atoms. The third-order valence-electron chi connectivity index (χ3n) is 1.84. The molecule has 0 spiro atoms. The molecule has 1 N–H and O–H groups in total. The van der Waals surface area contributed by atoms with Crippen LogP contribution in [0.25, 0.3) is 0 Å². The lowest BCUT2D eigenvalue weighted by molar-refractivity contribution is -0.121. The van der Waals surface area contributed by atoms with E-state index in [0.717, 1.165) is 12.8 Å². The van der Waals surface area contributed by atoms with E-state index in [9.17, 15) is 4.79 Å². The van der Waals surface area contributed by atoms with E-state index in [2.05, 4.69) is 5.32 Å². The van der Waals surface area contributed by atoms with E-state index in [0.29, 0.717) is 12.1 Å². The van der Waals surface area contributed by atoms with Gasteiger partial charge in [0.25, 0.3) is 0 Å². The minimum Gasteiger partial charge on any atom is -0.381 e. The number of methoxy groups -OCH3 is 1. The highest BCUT2D eigenvalue weighted by atomic mass is 16.5. The maximum atomic E-state index is 10.5. The molecule has 0 unspecified atom stereocenters. The van der Waals surface area contributed by atoms with Crippen molar-refractivity contribution in [3.63, 3.8) is 0 Å². The number of ether oxygens (including phenoxy) is 1. The lowest BCUT2D eigenvalue weighted by atomic mass is 9.89. The molecule has 60 valence electrons. The predicted octanol–water partition coefficient (Wildman–Crippen LogP) is 0.546. The van der Waals surface area contributed by atoms with Crippen molar-refractivity contribution in [2.45, 2.75) is 31.9 Å². The smallest absolute Gasteiger partial charge is 0.217 e. The summed E-state index contributed by atoms with van der Waals surface area (Å²) >= 11 is 0. The van der Waals surface area contributed by atoms with Gasteiger partial charge in [0.2, 0.25) is 5.91 Å². The van der Waals surface area contributed by atoms with Crippen LogP contribution in [0.15, 0.2) is 0 Å². The monoisotopic (exact) mass is 145 g/mol. The van der Waals surface area contributed by atoms with Crippen molar-refractivity contribution in [2.24, 2.45) is 0 Å². The van der Waals surface area contributed by atoms with E-state index in [4.69, 9.17) is 4.74 Å². The van der Waals surface area contributed by atoms with Crippen molar-refractivity contribution in [3.8, 4) is 0 Å². The molecule has 0 saturated heterocycles. The van der Waals surface area contributed by atoms with E-state index in [1.54, 1.807) is 14.0 Å². The zero-order valence-corrected chi connectivity index (χ0v) is 6.39. The van der Waals surface area contributed by atoms with E-state index in [1.807, 2.05) is 0 Å². The highest BCUT2D eigenvalue weighted by Crippen LogP contribution is 2.21. The number of rotatable bonds is 2. The molecule has 1 aliphatic carbocycles. The summed E-state index contributed by atoms with van der Waals surface area (Å²) in [6.07, 6.45) is 2.31. The van der Waals surface area contributed by atoms with Gasteiger partial charge in [0, 0.05) is 21.5 Å². The summed E-state index contributed by atoms with van der Waals surface area (Å²) in [4.78, 5) is 10.5. The first-order chi connectivity index (χ1) is 4.72. The number of amides is 1. The van der Waals surface area contributed by atoms with Gasteiger partial charge in [0.15, 0.2) is 0 Å². The van der Waals surface area contributed by atoms with Crippen molar-refractivity contribution in [1.82, 2.24) is 5.32 Å². The van der Waals surface area contributed by atoms with Gasteiger partial charge in [-0.15, -0.1) is 0 Å². The molecule has 1 saturated carbocycles.